The normalized spacial score (nSPS) is 40.7. The average molecular weight is 326 g/mol. The second kappa shape index (κ2) is 5.10. The summed E-state index contributed by atoms with van der Waals surface area (Å²) >= 11 is 3.33. The van der Waals surface area contributed by atoms with Crippen molar-refractivity contribution in [1.82, 2.24) is 10.2 Å². The van der Waals surface area contributed by atoms with Gasteiger partial charge in [-0.3, -0.25) is 0 Å². The average Bonchev–Trinajstić information content (AvgIpc) is 2.91. The Morgan fingerprint density at radius 2 is 1.76 bits per heavy atom. The minimum atomic E-state index is -0.456. The van der Waals surface area contributed by atoms with Gasteiger partial charge in [-0.25, -0.2) is 0 Å². The van der Waals surface area contributed by atoms with Crippen molar-refractivity contribution >= 4 is 28.2 Å². The molecule has 0 saturated heterocycles. The van der Waals surface area contributed by atoms with Crippen molar-refractivity contribution in [1.29, 1.82) is 0 Å². The maximum absolute atomic E-state index is 11.3. The van der Waals surface area contributed by atoms with Gasteiger partial charge >= 0.3 is 0 Å². The van der Waals surface area contributed by atoms with Gasteiger partial charge in [0.15, 0.2) is 4.34 Å². The second-order valence-electron chi connectivity index (χ2n) is 7.33. The molecule has 0 radical (unpaired) electrons. The van der Waals surface area contributed by atoms with Gasteiger partial charge in [0.25, 0.3) is 0 Å². The highest BCUT2D eigenvalue weighted by Crippen LogP contribution is 2.59. The molecule has 0 aromatic carbocycles. The molecule has 4 saturated carbocycles. The van der Waals surface area contributed by atoms with E-state index in [1.54, 1.807) is 23.1 Å². The lowest BCUT2D eigenvalue weighted by Gasteiger charge is -2.58. The fourth-order valence-corrected chi connectivity index (χ4v) is 6.92. The van der Waals surface area contributed by atoms with Crippen LogP contribution < -0.4 is 4.90 Å². The van der Waals surface area contributed by atoms with Crippen molar-refractivity contribution in [3.63, 3.8) is 0 Å². The summed E-state index contributed by atoms with van der Waals surface area (Å²) in [5.41, 5.74) is -0.456. The van der Waals surface area contributed by atoms with E-state index in [0.717, 1.165) is 27.1 Å². The Labute approximate surface area is 134 Å². The zero-order chi connectivity index (χ0) is 14.6. The van der Waals surface area contributed by atoms with E-state index in [2.05, 4.69) is 10.2 Å². The fourth-order valence-electron chi connectivity index (χ4n) is 4.85. The number of rotatable bonds is 4. The first-order chi connectivity index (χ1) is 10.0. The predicted molar refractivity (Wildman–Crippen MR) is 87.0 cm³/mol. The Morgan fingerprint density at radius 3 is 2.29 bits per heavy atom. The van der Waals surface area contributed by atoms with Crippen LogP contribution in [0.3, 0.4) is 0 Å². The summed E-state index contributed by atoms with van der Waals surface area (Å²) in [4.78, 5) is 1.99. The summed E-state index contributed by atoms with van der Waals surface area (Å²) in [5, 5.41) is 20.7. The zero-order valence-corrected chi connectivity index (χ0v) is 14.3. The van der Waals surface area contributed by atoms with Crippen molar-refractivity contribution in [2.45, 2.75) is 42.0 Å². The molecule has 21 heavy (non-hydrogen) atoms. The number of aliphatic hydroxyl groups is 1. The van der Waals surface area contributed by atoms with E-state index in [1.165, 1.54) is 32.1 Å². The van der Waals surface area contributed by atoms with Crippen LogP contribution in [0.5, 0.6) is 0 Å². The Bertz CT molecular complexity index is 503. The lowest BCUT2D eigenvalue weighted by Crippen LogP contribution is -2.59. The quantitative estimate of drug-likeness (QED) is 0.863. The van der Waals surface area contributed by atoms with E-state index >= 15 is 0 Å². The largest absolute Gasteiger partial charge is 0.388 e. The summed E-state index contributed by atoms with van der Waals surface area (Å²) in [6.45, 7) is 0. The maximum Gasteiger partial charge on any atom is 0.208 e. The van der Waals surface area contributed by atoms with Crippen molar-refractivity contribution in [3.05, 3.63) is 0 Å². The van der Waals surface area contributed by atoms with Crippen molar-refractivity contribution in [3.8, 4) is 0 Å². The molecule has 4 nitrogen and oxygen atoms in total. The number of nitrogens with zero attached hydrogens (tertiary/aromatic N) is 3. The van der Waals surface area contributed by atoms with Gasteiger partial charge in [-0.05, 0) is 55.8 Å². The number of thioether (sulfide) groups is 1. The van der Waals surface area contributed by atoms with Crippen LogP contribution in [-0.2, 0) is 0 Å². The molecule has 5 rings (SSSR count). The first kappa shape index (κ1) is 14.3. The molecular weight excluding hydrogens is 302 g/mol. The summed E-state index contributed by atoms with van der Waals surface area (Å²) < 4.78 is 0.987. The highest BCUT2D eigenvalue weighted by atomic mass is 32.2. The van der Waals surface area contributed by atoms with Crippen LogP contribution in [0.15, 0.2) is 4.34 Å². The van der Waals surface area contributed by atoms with Crippen molar-refractivity contribution < 1.29 is 5.11 Å². The van der Waals surface area contributed by atoms with Crippen molar-refractivity contribution in [2.75, 3.05) is 24.7 Å². The predicted octanol–water partition coefficient (Wildman–Crippen LogP) is 2.88. The molecular formula is C15H23N3OS2. The SMILES string of the molecule is CN(C)c1nnc(SCC2(O)C3CC4CC(C3)CC2C4)s1. The molecule has 6 heteroatoms. The van der Waals surface area contributed by atoms with Crippen LogP contribution in [0.4, 0.5) is 5.13 Å². The van der Waals surface area contributed by atoms with E-state index in [-0.39, 0.29) is 0 Å². The molecule has 4 fully saturated rings. The number of anilines is 1. The molecule has 4 aliphatic carbocycles. The minimum Gasteiger partial charge on any atom is -0.388 e. The summed E-state index contributed by atoms with van der Waals surface area (Å²) in [7, 11) is 3.97. The molecule has 0 unspecified atom stereocenters. The van der Waals surface area contributed by atoms with Crippen LogP contribution >= 0.6 is 23.1 Å². The zero-order valence-electron chi connectivity index (χ0n) is 12.7. The van der Waals surface area contributed by atoms with Gasteiger partial charge in [0.05, 0.1) is 5.60 Å². The molecule has 1 aromatic heterocycles. The van der Waals surface area contributed by atoms with Gasteiger partial charge in [-0.2, -0.15) is 0 Å². The van der Waals surface area contributed by atoms with Gasteiger partial charge in [0.2, 0.25) is 5.13 Å². The van der Waals surface area contributed by atoms with Crippen molar-refractivity contribution in [2.24, 2.45) is 23.7 Å². The summed E-state index contributed by atoms with van der Waals surface area (Å²) in [6.07, 6.45) is 6.44. The van der Waals surface area contributed by atoms with Crippen LogP contribution in [0.25, 0.3) is 0 Å². The molecule has 1 heterocycles. The monoisotopic (exact) mass is 325 g/mol. The Balaban J connectivity index is 1.46. The molecule has 0 spiro atoms. The van der Waals surface area contributed by atoms with Gasteiger partial charge in [0, 0.05) is 19.8 Å². The highest BCUT2D eigenvalue weighted by molar-refractivity contribution is 8.01. The summed E-state index contributed by atoms with van der Waals surface area (Å²) in [6, 6.07) is 0. The fraction of sp³-hybridized carbons (Fsp3) is 0.867. The first-order valence-corrected chi connectivity index (χ1v) is 9.71. The Morgan fingerprint density at radius 1 is 1.14 bits per heavy atom. The minimum absolute atomic E-state index is 0.456. The second-order valence-corrected chi connectivity index (χ2v) is 9.51. The van der Waals surface area contributed by atoms with Gasteiger partial charge in [-0.15, -0.1) is 10.2 Å². The van der Waals surface area contributed by atoms with Crippen LogP contribution in [0.1, 0.15) is 32.1 Å². The molecule has 1 aromatic rings. The molecule has 116 valence electrons. The first-order valence-electron chi connectivity index (χ1n) is 7.90. The smallest absolute Gasteiger partial charge is 0.208 e. The maximum atomic E-state index is 11.3. The third-order valence-corrected chi connectivity index (χ3v) is 8.18. The van der Waals surface area contributed by atoms with E-state index < -0.39 is 5.60 Å². The van der Waals surface area contributed by atoms with E-state index in [4.69, 9.17) is 0 Å². The lowest BCUT2D eigenvalue weighted by atomic mass is 9.50. The van der Waals surface area contributed by atoms with Gasteiger partial charge < -0.3 is 10.0 Å². The van der Waals surface area contributed by atoms with Crippen LogP contribution in [-0.4, -0.2) is 40.8 Å². The number of hydrogen-bond acceptors (Lipinski definition) is 6. The van der Waals surface area contributed by atoms with E-state index in [1.807, 2.05) is 19.0 Å². The van der Waals surface area contributed by atoms with Gasteiger partial charge in [-0.1, -0.05) is 23.1 Å². The molecule has 1 N–H and O–H groups in total. The molecule has 0 amide bonds. The van der Waals surface area contributed by atoms with Gasteiger partial charge in [0.1, 0.15) is 0 Å². The van der Waals surface area contributed by atoms with E-state index in [9.17, 15) is 5.11 Å². The third-order valence-electron chi connectivity index (χ3n) is 5.76. The topological polar surface area (TPSA) is 49.2 Å². The summed E-state index contributed by atoms with van der Waals surface area (Å²) in [5.74, 6) is 3.66. The molecule has 0 atom stereocenters. The van der Waals surface area contributed by atoms with E-state index in [0.29, 0.717) is 11.8 Å². The standard InChI is InChI=1S/C15H23N3OS2/c1-18(2)13-16-17-14(21-13)20-8-15(19)11-4-9-3-10(6-11)7-12(15)5-9/h9-12,19H,3-8H2,1-2H3. The third kappa shape index (κ3) is 2.39. The Kier molecular flexibility index (Phi) is 3.47. The van der Waals surface area contributed by atoms with Crippen LogP contribution in [0.2, 0.25) is 0 Å². The number of aromatic nitrogens is 2. The molecule has 4 bridgehead atoms. The Hall–Kier alpha value is -0.330. The number of hydrogen-bond donors (Lipinski definition) is 1. The highest BCUT2D eigenvalue weighted by Gasteiger charge is 2.56. The molecule has 4 aliphatic rings. The van der Waals surface area contributed by atoms with Crippen LogP contribution in [0, 0.1) is 23.7 Å². The molecule has 0 aliphatic heterocycles. The lowest BCUT2D eigenvalue weighted by molar-refractivity contribution is -0.158.